The molecule has 0 aliphatic heterocycles. The normalized spacial score (nSPS) is 11.9. The standard InChI is InChI=1S/C21H29N3O3.HI/c1-16(27-20-12-8-7-11-19(20)26-4)13-23-21(22-2)24-14-17-9-5-6-10-18(17)15-25-3;/h5-12,16H,13-15H2,1-4H3,(H2,22,23,24);1H. The molecule has 0 saturated heterocycles. The second kappa shape index (κ2) is 13.2. The van der Waals surface area contributed by atoms with Crippen LogP contribution in [0, 0.1) is 0 Å². The van der Waals surface area contributed by atoms with E-state index in [2.05, 4.69) is 27.8 Å². The predicted octanol–water partition coefficient (Wildman–Crippen LogP) is 3.59. The Morgan fingerprint density at radius 2 is 1.61 bits per heavy atom. The van der Waals surface area contributed by atoms with E-state index in [9.17, 15) is 0 Å². The zero-order valence-corrected chi connectivity index (χ0v) is 19.2. The monoisotopic (exact) mass is 499 g/mol. The Bertz CT molecular complexity index is 740. The average Bonchev–Trinajstić information content (AvgIpc) is 2.70. The van der Waals surface area contributed by atoms with Crippen LogP contribution in [0.25, 0.3) is 0 Å². The van der Waals surface area contributed by atoms with E-state index in [-0.39, 0.29) is 30.1 Å². The van der Waals surface area contributed by atoms with Crippen LogP contribution in [0.3, 0.4) is 0 Å². The van der Waals surface area contributed by atoms with Crippen molar-refractivity contribution in [3.63, 3.8) is 0 Å². The maximum atomic E-state index is 5.96. The molecule has 2 N–H and O–H groups in total. The Labute approximate surface area is 184 Å². The minimum Gasteiger partial charge on any atom is -0.493 e. The summed E-state index contributed by atoms with van der Waals surface area (Å²) in [7, 11) is 5.09. The van der Waals surface area contributed by atoms with Crippen molar-refractivity contribution in [3.8, 4) is 11.5 Å². The van der Waals surface area contributed by atoms with E-state index in [4.69, 9.17) is 14.2 Å². The van der Waals surface area contributed by atoms with Crippen LogP contribution in [-0.4, -0.2) is 39.9 Å². The van der Waals surface area contributed by atoms with Gasteiger partial charge in [-0.3, -0.25) is 4.99 Å². The number of halogens is 1. The second-order valence-corrected chi connectivity index (χ2v) is 6.09. The smallest absolute Gasteiger partial charge is 0.191 e. The maximum Gasteiger partial charge on any atom is 0.191 e. The number of ether oxygens (including phenoxy) is 3. The number of methoxy groups -OCH3 is 2. The third kappa shape index (κ3) is 7.55. The van der Waals surface area contributed by atoms with Gasteiger partial charge in [0.2, 0.25) is 0 Å². The molecule has 0 saturated carbocycles. The lowest BCUT2D eigenvalue weighted by molar-refractivity contribution is 0.184. The molecule has 0 amide bonds. The minimum absolute atomic E-state index is 0. The number of rotatable bonds is 9. The van der Waals surface area contributed by atoms with E-state index in [1.165, 1.54) is 5.56 Å². The van der Waals surface area contributed by atoms with Crippen molar-refractivity contribution >= 4 is 29.9 Å². The van der Waals surface area contributed by atoms with Crippen LogP contribution in [0.4, 0.5) is 0 Å². The summed E-state index contributed by atoms with van der Waals surface area (Å²) in [6.07, 6.45) is -0.0550. The highest BCUT2D eigenvalue weighted by atomic mass is 127. The molecule has 6 nitrogen and oxygen atoms in total. The summed E-state index contributed by atoms with van der Waals surface area (Å²) in [6.45, 7) is 3.87. The van der Waals surface area contributed by atoms with E-state index in [0.717, 1.165) is 23.0 Å². The fourth-order valence-electron chi connectivity index (χ4n) is 2.64. The van der Waals surface area contributed by atoms with Crippen LogP contribution in [0.2, 0.25) is 0 Å². The van der Waals surface area contributed by atoms with Crippen molar-refractivity contribution in [3.05, 3.63) is 59.7 Å². The van der Waals surface area contributed by atoms with Gasteiger partial charge in [-0.15, -0.1) is 24.0 Å². The number of nitrogens with zero attached hydrogens (tertiary/aromatic N) is 1. The summed E-state index contributed by atoms with van der Waals surface area (Å²) < 4.78 is 16.5. The van der Waals surface area contributed by atoms with Gasteiger partial charge in [-0.05, 0) is 30.2 Å². The molecule has 0 aromatic heterocycles. The first-order chi connectivity index (χ1) is 13.2. The van der Waals surface area contributed by atoms with Crippen molar-refractivity contribution in [2.75, 3.05) is 27.8 Å². The van der Waals surface area contributed by atoms with Gasteiger partial charge >= 0.3 is 0 Å². The first-order valence-corrected chi connectivity index (χ1v) is 8.97. The Morgan fingerprint density at radius 3 is 2.25 bits per heavy atom. The summed E-state index contributed by atoms with van der Waals surface area (Å²) >= 11 is 0. The van der Waals surface area contributed by atoms with Crippen LogP contribution in [0.5, 0.6) is 11.5 Å². The quantitative estimate of drug-likeness (QED) is 0.314. The summed E-state index contributed by atoms with van der Waals surface area (Å²) in [5.41, 5.74) is 2.34. The molecule has 0 aliphatic rings. The van der Waals surface area contributed by atoms with Gasteiger partial charge in [0.25, 0.3) is 0 Å². The number of nitrogens with one attached hydrogen (secondary N) is 2. The molecule has 2 aromatic rings. The molecule has 154 valence electrons. The highest BCUT2D eigenvalue weighted by molar-refractivity contribution is 14.0. The Kier molecular flexibility index (Phi) is 11.4. The van der Waals surface area contributed by atoms with Crippen LogP contribution >= 0.6 is 24.0 Å². The lowest BCUT2D eigenvalue weighted by Gasteiger charge is -2.19. The third-order valence-electron chi connectivity index (χ3n) is 4.04. The Morgan fingerprint density at radius 1 is 0.964 bits per heavy atom. The zero-order chi connectivity index (χ0) is 19.5. The minimum atomic E-state index is -0.0550. The molecule has 0 aliphatic carbocycles. The van der Waals surface area contributed by atoms with E-state index in [0.29, 0.717) is 19.7 Å². The molecular weight excluding hydrogens is 469 g/mol. The van der Waals surface area contributed by atoms with E-state index >= 15 is 0 Å². The zero-order valence-electron chi connectivity index (χ0n) is 16.9. The van der Waals surface area contributed by atoms with E-state index in [1.807, 2.05) is 43.3 Å². The van der Waals surface area contributed by atoms with Crippen molar-refractivity contribution in [1.29, 1.82) is 0 Å². The Hall–Kier alpha value is -2.00. The van der Waals surface area contributed by atoms with Gasteiger partial charge in [-0.1, -0.05) is 36.4 Å². The van der Waals surface area contributed by atoms with Gasteiger partial charge in [-0.25, -0.2) is 0 Å². The van der Waals surface area contributed by atoms with Crippen LogP contribution in [-0.2, 0) is 17.9 Å². The predicted molar refractivity (Wildman–Crippen MR) is 124 cm³/mol. The molecule has 0 radical (unpaired) electrons. The molecule has 2 rings (SSSR count). The molecule has 0 fully saturated rings. The third-order valence-corrected chi connectivity index (χ3v) is 4.04. The molecule has 1 atom stereocenters. The second-order valence-electron chi connectivity index (χ2n) is 6.09. The molecule has 2 aromatic carbocycles. The van der Waals surface area contributed by atoms with Gasteiger partial charge in [0, 0.05) is 20.7 Å². The summed E-state index contributed by atoms with van der Waals surface area (Å²) in [5.74, 6) is 2.17. The fourth-order valence-corrected chi connectivity index (χ4v) is 2.64. The maximum absolute atomic E-state index is 5.96. The first kappa shape index (κ1) is 24.0. The topological polar surface area (TPSA) is 64.1 Å². The number of aliphatic imine (C=N–C) groups is 1. The van der Waals surface area contributed by atoms with Crippen molar-refractivity contribution < 1.29 is 14.2 Å². The van der Waals surface area contributed by atoms with Crippen LogP contribution in [0.1, 0.15) is 18.1 Å². The molecule has 7 heteroatoms. The van der Waals surface area contributed by atoms with Crippen LogP contribution in [0.15, 0.2) is 53.5 Å². The number of hydrogen-bond acceptors (Lipinski definition) is 4. The molecular formula is C21H30IN3O3. The Balaban J connectivity index is 0.00000392. The summed E-state index contributed by atoms with van der Waals surface area (Å²) in [6, 6.07) is 15.8. The SMILES string of the molecule is CN=C(NCc1ccccc1COC)NCC(C)Oc1ccccc1OC.I. The van der Waals surface area contributed by atoms with Crippen molar-refractivity contribution in [2.45, 2.75) is 26.2 Å². The number of hydrogen-bond donors (Lipinski definition) is 2. The molecule has 0 bridgehead atoms. The van der Waals surface area contributed by atoms with Gasteiger partial charge in [0.1, 0.15) is 6.10 Å². The van der Waals surface area contributed by atoms with Crippen LogP contribution < -0.4 is 20.1 Å². The summed E-state index contributed by atoms with van der Waals surface area (Å²) in [4.78, 5) is 4.27. The highest BCUT2D eigenvalue weighted by Crippen LogP contribution is 2.26. The van der Waals surface area contributed by atoms with Gasteiger partial charge < -0.3 is 24.8 Å². The van der Waals surface area contributed by atoms with E-state index < -0.39 is 0 Å². The number of para-hydroxylation sites is 2. The van der Waals surface area contributed by atoms with Gasteiger partial charge in [0.15, 0.2) is 17.5 Å². The lowest BCUT2D eigenvalue weighted by atomic mass is 10.1. The molecule has 28 heavy (non-hydrogen) atoms. The average molecular weight is 499 g/mol. The molecule has 0 spiro atoms. The largest absolute Gasteiger partial charge is 0.493 e. The van der Waals surface area contributed by atoms with Gasteiger partial charge in [0.05, 0.1) is 20.3 Å². The van der Waals surface area contributed by atoms with E-state index in [1.54, 1.807) is 21.3 Å². The fraction of sp³-hybridized carbons (Fsp3) is 0.381. The van der Waals surface area contributed by atoms with Gasteiger partial charge in [-0.2, -0.15) is 0 Å². The number of guanidine groups is 1. The number of benzene rings is 2. The van der Waals surface area contributed by atoms with Crippen molar-refractivity contribution in [2.24, 2.45) is 4.99 Å². The van der Waals surface area contributed by atoms with Crippen molar-refractivity contribution in [1.82, 2.24) is 10.6 Å². The summed E-state index contributed by atoms with van der Waals surface area (Å²) in [5, 5.41) is 6.62. The first-order valence-electron chi connectivity index (χ1n) is 8.97. The highest BCUT2D eigenvalue weighted by Gasteiger charge is 2.10. The molecule has 0 heterocycles. The molecule has 1 unspecified atom stereocenters. The lowest BCUT2D eigenvalue weighted by Crippen LogP contribution is -2.41.